The third kappa shape index (κ3) is 4.44. The number of benzene rings is 2. The van der Waals surface area contributed by atoms with Gasteiger partial charge >= 0.3 is 0 Å². The topological polar surface area (TPSA) is 58.6 Å². The summed E-state index contributed by atoms with van der Waals surface area (Å²) < 4.78 is 5.93. The van der Waals surface area contributed by atoms with Gasteiger partial charge in [0.1, 0.15) is 5.75 Å². The predicted octanol–water partition coefficient (Wildman–Crippen LogP) is 4.49. The number of anilines is 1. The molecular weight excluding hydrogens is 420 g/mol. The Labute approximate surface area is 173 Å². The van der Waals surface area contributed by atoms with Gasteiger partial charge in [-0.25, -0.2) is 0 Å². The molecule has 0 saturated heterocycles. The van der Waals surface area contributed by atoms with Gasteiger partial charge < -0.3 is 15.0 Å². The second kappa shape index (κ2) is 8.61. The first-order valence-corrected chi connectivity index (χ1v) is 9.91. The summed E-state index contributed by atoms with van der Waals surface area (Å²) in [7, 11) is 1.56. The van der Waals surface area contributed by atoms with Gasteiger partial charge in [0.2, 0.25) is 0 Å². The van der Waals surface area contributed by atoms with Crippen molar-refractivity contribution in [3.8, 4) is 5.75 Å². The second-order valence-corrected chi connectivity index (χ2v) is 7.65. The minimum Gasteiger partial charge on any atom is -0.497 e. The number of nitrogens with one attached hydrogen (secondary N) is 1. The number of methoxy groups -OCH3 is 1. The lowest BCUT2D eigenvalue weighted by Crippen LogP contribution is -2.32. The average Bonchev–Trinajstić information content (AvgIpc) is 3.50. The van der Waals surface area contributed by atoms with Crippen LogP contribution in [-0.2, 0) is 0 Å². The van der Waals surface area contributed by atoms with Crippen LogP contribution in [0.3, 0.4) is 0 Å². The van der Waals surface area contributed by atoms with Gasteiger partial charge in [0.15, 0.2) is 0 Å². The molecule has 0 heterocycles. The van der Waals surface area contributed by atoms with Gasteiger partial charge in [0.25, 0.3) is 11.8 Å². The molecule has 0 spiro atoms. The molecule has 0 aliphatic heterocycles. The van der Waals surface area contributed by atoms with Crippen LogP contribution in [0.1, 0.15) is 39.1 Å². The number of carbonyl (C=O) groups excluding carboxylic acids is 2. The molecule has 0 bridgehead atoms. The van der Waals surface area contributed by atoms with Crippen LogP contribution in [0.4, 0.5) is 5.69 Å². The van der Waals surface area contributed by atoms with Crippen molar-refractivity contribution in [2.24, 2.45) is 0 Å². The zero-order valence-corrected chi connectivity index (χ0v) is 17.6. The number of carbonyl (C=O) groups is 2. The Kier molecular flexibility index (Phi) is 6.19. The number of halogens is 1. The molecule has 1 fully saturated rings. The number of hydrogen-bond donors (Lipinski definition) is 1. The van der Waals surface area contributed by atoms with Crippen molar-refractivity contribution in [3.63, 3.8) is 0 Å². The maximum Gasteiger partial charge on any atom is 0.259 e. The van der Waals surface area contributed by atoms with Crippen LogP contribution in [-0.4, -0.2) is 31.5 Å². The van der Waals surface area contributed by atoms with E-state index in [0.29, 0.717) is 33.6 Å². The Hall–Kier alpha value is -2.60. The van der Waals surface area contributed by atoms with Gasteiger partial charge in [0.05, 0.1) is 12.7 Å². The van der Waals surface area contributed by atoms with E-state index in [1.165, 1.54) is 0 Å². The molecule has 2 amide bonds. The van der Waals surface area contributed by atoms with Crippen LogP contribution < -0.4 is 15.0 Å². The van der Waals surface area contributed by atoms with E-state index in [0.717, 1.165) is 18.4 Å². The number of ether oxygens (including phenoxy) is 1. The minimum absolute atomic E-state index is 0.114. The van der Waals surface area contributed by atoms with Crippen LogP contribution in [0.25, 0.3) is 0 Å². The third-order valence-electron chi connectivity index (χ3n) is 4.64. The fourth-order valence-electron chi connectivity index (χ4n) is 2.90. The molecule has 1 saturated carbocycles. The third-order valence-corrected chi connectivity index (χ3v) is 5.33. The summed E-state index contributed by atoms with van der Waals surface area (Å²) >= 11 is 3.45. The number of rotatable bonds is 7. The minimum atomic E-state index is -0.200. The maximum absolute atomic E-state index is 13.3. The average molecular weight is 443 g/mol. The molecule has 1 aliphatic rings. The monoisotopic (exact) mass is 442 g/mol. The number of amides is 2. The maximum atomic E-state index is 13.3. The summed E-state index contributed by atoms with van der Waals surface area (Å²) in [6.45, 7) is 6.02. The second-order valence-electron chi connectivity index (χ2n) is 6.80. The van der Waals surface area contributed by atoms with Crippen molar-refractivity contribution in [2.45, 2.75) is 25.8 Å². The van der Waals surface area contributed by atoms with Gasteiger partial charge in [-0.2, -0.15) is 0 Å². The first-order valence-electron chi connectivity index (χ1n) is 9.12. The Morgan fingerprint density at radius 3 is 2.68 bits per heavy atom. The fourth-order valence-corrected chi connectivity index (χ4v) is 3.31. The van der Waals surface area contributed by atoms with Crippen molar-refractivity contribution in [2.75, 3.05) is 18.6 Å². The molecule has 0 atom stereocenters. The largest absolute Gasteiger partial charge is 0.497 e. The van der Waals surface area contributed by atoms with E-state index in [1.807, 2.05) is 13.0 Å². The van der Waals surface area contributed by atoms with E-state index in [-0.39, 0.29) is 17.9 Å². The molecule has 146 valence electrons. The van der Waals surface area contributed by atoms with Crippen molar-refractivity contribution in [3.05, 3.63) is 70.2 Å². The molecule has 0 radical (unpaired) electrons. The predicted molar refractivity (Wildman–Crippen MR) is 114 cm³/mol. The Morgan fingerprint density at radius 2 is 2.04 bits per heavy atom. The highest BCUT2D eigenvalue weighted by atomic mass is 79.9. The van der Waals surface area contributed by atoms with Crippen molar-refractivity contribution in [1.82, 2.24) is 5.32 Å². The van der Waals surface area contributed by atoms with Crippen LogP contribution >= 0.6 is 15.9 Å². The fraction of sp³-hybridized carbons (Fsp3) is 0.273. The zero-order valence-electron chi connectivity index (χ0n) is 16.0. The number of aryl methyl sites for hydroxylation is 1. The van der Waals surface area contributed by atoms with Gasteiger partial charge in [-0.15, -0.1) is 6.58 Å². The van der Waals surface area contributed by atoms with Crippen molar-refractivity contribution < 1.29 is 14.3 Å². The lowest BCUT2D eigenvalue weighted by molar-refractivity contribution is 0.0948. The Bertz CT molecular complexity index is 922. The quantitative estimate of drug-likeness (QED) is 0.642. The molecule has 1 N–H and O–H groups in total. The molecule has 3 rings (SSSR count). The SMILES string of the molecule is C=CCN(C(=O)c1cc(OC)ccc1Br)c1cc(C(=O)NC2CC2)ccc1C. The first-order chi connectivity index (χ1) is 13.4. The smallest absolute Gasteiger partial charge is 0.259 e. The highest BCUT2D eigenvalue weighted by Gasteiger charge is 2.25. The highest BCUT2D eigenvalue weighted by Crippen LogP contribution is 2.29. The van der Waals surface area contributed by atoms with E-state index in [1.54, 1.807) is 48.4 Å². The summed E-state index contributed by atoms with van der Waals surface area (Å²) in [5, 5.41) is 2.99. The summed E-state index contributed by atoms with van der Waals surface area (Å²) in [5.41, 5.74) is 2.60. The summed E-state index contributed by atoms with van der Waals surface area (Å²) in [5.74, 6) is 0.283. The molecule has 2 aromatic rings. The van der Waals surface area contributed by atoms with Crippen LogP contribution in [0.5, 0.6) is 5.75 Å². The van der Waals surface area contributed by atoms with Gasteiger partial charge in [-0.1, -0.05) is 12.1 Å². The molecular formula is C22H23BrN2O3. The molecule has 28 heavy (non-hydrogen) atoms. The molecule has 1 aliphatic carbocycles. The molecule has 2 aromatic carbocycles. The molecule has 0 aromatic heterocycles. The molecule has 0 unspecified atom stereocenters. The van der Waals surface area contributed by atoms with Gasteiger partial charge in [0, 0.05) is 28.3 Å². The normalized spacial score (nSPS) is 13.0. The lowest BCUT2D eigenvalue weighted by atomic mass is 10.1. The zero-order chi connectivity index (χ0) is 20.3. The molecule has 6 heteroatoms. The first kappa shape index (κ1) is 20.1. The van der Waals surface area contributed by atoms with E-state index in [9.17, 15) is 9.59 Å². The van der Waals surface area contributed by atoms with Crippen LogP contribution in [0, 0.1) is 6.92 Å². The summed E-state index contributed by atoms with van der Waals surface area (Å²) in [6.07, 6.45) is 3.72. The van der Waals surface area contributed by atoms with E-state index < -0.39 is 0 Å². The van der Waals surface area contributed by atoms with E-state index >= 15 is 0 Å². The number of hydrogen-bond acceptors (Lipinski definition) is 3. The highest BCUT2D eigenvalue weighted by molar-refractivity contribution is 9.10. The Morgan fingerprint density at radius 1 is 1.29 bits per heavy atom. The van der Waals surface area contributed by atoms with E-state index in [4.69, 9.17) is 4.74 Å². The lowest BCUT2D eigenvalue weighted by Gasteiger charge is -2.24. The van der Waals surface area contributed by atoms with E-state index in [2.05, 4.69) is 27.8 Å². The van der Waals surface area contributed by atoms with Gasteiger partial charge in [-0.05, 0) is 71.6 Å². The van der Waals surface area contributed by atoms with Gasteiger partial charge in [-0.3, -0.25) is 9.59 Å². The summed E-state index contributed by atoms with van der Waals surface area (Å²) in [6, 6.07) is 11.0. The number of nitrogens with zero attached hydrogens (tertiary/aromatic N) is 1. The molecule has 5 nitrogen and oxygen atoms in total. The standard InChI is InChI=1S/C22H23BrN2O3/c1-4-11-25(22(27)18-13-17(28-3)9-10-19(18)23)20-12-15(6-5-14(20)2)21(26)24-16-7-8-16/h4-6,9-10,12-13,16H,1,7-8,11H2,2-3H3,(H,24,26). The van der Waals surface area contributed by atoms with Crippen molar-refractivity contribution in [1.29, 1.82) is 0 Å². The van der Waals surface area contributed by atoms with Crippen molar-refractivity contribution >= 4 is 33.4 Å². The Balaban J connectivity index is 1.98. The summed E-state index contributed by atoms with van der Waals surface area (Å²) in [4.78, 5) is 27.4. The van der Waals surface area contributed by atoms with Crippen LogP contribution in [0.15, 0.2) is 53.5 Å². The van der Waals surface area contributed by atoms with Crippen LogP contribution in [0.2, 0.25) is 0 Å².